The van der Waals surface area contributed by atoms with Crippen LogP contribution < -0.4 is 0 Å². The Balaban J connectivity index is 1.86. The molecule has 2 rings (SSSR count). The summed E-state index contributed by atoms with van der Waals surface area (Å²) in [5.74, 6) is -0.0729. The number of aromatic nitrogens is 1. The molecular formula is C13H16N2O4. The molecule has 0 atom stereocenters. The van der Waals surface area contributed by atoms with E-state index >= 15 is 0 Å². The van der Waals surface area contributed by atoms with E-state index in [1.54, 1.807) is 0 Å². The number of pyridine rings is 1. The van der Waals surface area contributed by atoms with Gasteiger partial charge in [0.1, 0.15) is 11.9 Å². The first kappa shape index (κ1) is 13.5. The number of nitro groups is 1. The van der Waals surface area contributed by atoms with Crippen LogP contribution in [-0.4, -0.2) is 22.5 Å². The maximum absolute atomic E-state index is 11.7. The Kier molecular flexibility index (Phi) is 4.43. The van der Waals surface area contributed by atoms with Gasteiger partial charge in [0.15, 0.2) is 0 Å². The van der Waals surface area contributed by atoms with Gasteiger partial charge in [-0.3, -0.25) is 10.1 Å². The van der Waals surface area contributed by atoms with Crippen molar-refractivity contribution in [2.75, 3.05) is 6.61 Å². The molecule has 1 heterocycles. The molecule has 1 fully saturated rings. The number of rotatable bonds is 4. The van der Waals surface area contributed by atoms with Crippen LogP contribution in [0.2, 0.25) is 0 Å². The van der Waals surface area contributed by atoms with E-state index in [0.29, 0.717) is 12.5 Å². The Bertz CT molecular complexity index is 452. The molecule has 0 bridgehead atoms. The highest BCUT2D eigenvalue weighted by Crippen LogP contribution is 2.23. The first-order valence-electron chi connectivity index (χ1n) is 6.44. The lowest BCUT2D eigenvalue weighted by Gasteiger charge is -2.20. The second kappa shape index (κ2) is 6.26. The van der Waals surface area contributed by atoms with Crippen LogP contribution in [0.4, 0.5) is 5.69 Å². The Morgan fingerprint density at radius 2 is 2.11 bits per heavy atom. The van der Waals surface area contributed by atoms with Gasteiger partial charge in [0.2, 0.25) is 0 Å². The standard InChI is InChI=1S/C13H16N2O4/c16-13(19-9-10-4-2-1-3-5-10)12-7-6-11(8-14-12)15(17)18/h6-8,10H,1-5,9H2. The molecule has 102 valence electrons. The molecule has 1 saturated carbocycles. The van der Waals surface area contributed by atoms with Gasteiger partial charge in [-0.05, 0) is 24.8 Å². The van der Waals surface area contributed by atoms with Gasteiger partial charge < -0.3 is 4.74 Å². The summed E-state index contributed by atoms with van der Waals surface area (Å²) < 4.78 is 5.20. The zero-order valence-corrected chi connectivity index (χ0v) is 10.6. The van der Waals surface area contributed by atoms with Crippen LogP contribution in [0.25, 0.3) is 0 Å². The van der Waals surface area contributed by atoms with Crippen molar-refractivity contribution in [3.63, 3.8) is 0 Å². The monoisotopic (exact) mass is 264 g/mol. The fourth-order valence-corrected chi connectivity index (χ4v) is 2.24. The van der Waals surface area contributed by atoms with E-state index in [0.717, 1.165) is 19.0 Å². The maximum atomic E-state index is 11.7. The average Bonchev–Trinajstić information content (AvgIpc) is 2.46. The lowest BCUT2D eigenvalue weighted by molar-refractivity contribution is -0.385. The molecule has 0 N–H and O–H groups in total. The Hall–Kier alpha value is -1.98. The third-order valence-corrected chi connectivity index (χ3v) is 3.34. The summed E-state index contributed by atoms with van der Waals surface area (Å²) in [5, 5.41) is 10.5. The molecule has 0 radical (unpaired) electrons. The number of carbonyl (C=O) groups is 1. The molecule has 0 spiro atoms. The molecular weight excluding hydrogens is 248 g/mol. The van der Waals surface area contributed by atoms with E-state index in [1.807, 2.05) is 0 Å². The highest BCUT2D eigenvalue weighted by atomic mass is 16.6. The van der Waals surface area contributed by atoms with Crippen LogP contribution in [0.3, 0.4) is 0 Å². The third-order valence-electron chi connectivity index (χ3n) is 3.34. The van der Waals surface area contributed by atoms with Crippen LogP contribution in [0.5, 0.6) is 0 Å². The molecule has 1 aliphatic rings. The fourth-order valence-electron chi connectivity index (χ4n) is 2.24. The van der Waals surface area contributed by atoms with Crippen molar-refractivity contribution < 1.29 is 14.5 Å². The Labute approximate surface area is 110 Å². The van der Waals surface area contributed by atoms with E-state index in [-0.39, 0.29) is 11.4 Å². The Morgan fingerprint density at radius 1 is 1.37 bits per heavy atom. The predicted molar refractivity (Wildman–Crippen MR) is 67.7 cm³/mol. The second-order valence-electron chi connectivity index (χ2n) is 4.76. The average molecular weight is 264 g/mol. The number of carbonyl (C=O) groups excluding carboxylic acids is 1. The summed E-state index contributed by atoms with van der Waals surface area (Å²) in [6.45, 7) is 0.414. The molecule has 19 heavy (non-hydrogen) atoms. The molecule has 1 aromatic heterocycles. The lowest BCUT2D eigenvalue weighted by Crippen LogP contribution is -2.17. The lowest BCUT2D eigenvalue weighted by atomic mass is 9.90. The molecule has 1 aliphatic carbocycles. The largest absolute Gasteiger partial charge is 0.461 e. The highest BCUT2D eigenvalue weighted by Gasteiger charge is 2.17. The van der Waals surface area contributed by atoms with Crippen molar-refractivity contribution in [1.29, 1.82) is 0 Å². The second-order valence-corrected chi connectivity index (χ2v) is 4.76. The van der Waals surface area contributed by atoms with Crippen molar-refractivity contribution in [2.24, 2.45) is 5.92 Å². The van der Waals surface area contributed by atoms with E-state index in [9.17, 15) is 14.9 Å². The van der Waals surface area contributed by atoms with Crippen LogP contribution in [0.1, 0.15) is 42.6 Å². The predicted octanol–water partition coefficient (Wildman–Crippen LogP) is 2.73. The number of nitrogens with zero attached hydrogens (tertiary/aromatic N) is 2. The van der Waals surface area contributed by atoms with E-state index in [2.05, 4.69) is 4.98 Å². The molecule has 6 nitrogen and oxygen atoms in total. The van der Waals surface area contributed by atoms with Crippen LogP contribution >= 0.6 is 0 Å². The van der Waals surface area contributed by atoms with E-state index in [4.69, 9.17) is 4.74 Å². The molecule has 0 amide bonds. The molecule has 0 saturated heterocycles. The van der Waals surface area contributed by atoms with Crippen molar-refractivity contribution in [3.8, 4) is 0 Å². The van der Waals surface area contributed by atoms with Gasteiger partial charge in [0.05, 0.1) is 11.5 Å². The molecule has 0 aromatic carbocycles. The number of hydrogen-bond acceptors (Lipinski definition) is 5. The molecule has 0 unspecified atom stereocenters. The van der Waals surface area contributed by atoms with Gasteiger partial charge in [-0.2, -0.15) is 0 Å². The normalized spacial score (nSPS) is 16.0. The SMILES string of the molecule is O=C(OCC1CCCCC1)c1ccc([N+](=O)[O-])cn1. The van der Waals surface area contributed by atoms with Gasteiger partial charge in [-0.1, -0.05) is 19.3 Å². The molecule has 1 aromatic rings. The summed E-state index contributed by atoms with van der Waals surface area (Å²) in [4.78, 5) is 25.4. The Morgan fingerprint density at radius 3 is 2.68 bits per heavy atom. The zero-order valence-electron chi connectivity index (χ0n) is 10.6. The van der Waals surface area contributed by atoms with Gasteiger partial charge in [0.25, 0.3) is 5.69 Å². The smallest absolute Gasteiger partial charge is 0.356 e. The van der Waals surface area contributed by atoms with Gasteiger partial charge in [-0.25, -0.2) is 9.78 Å². The minimum Gasteiger partial charge on any atom is -0.461 e. The first-order valence-corrected chi connectivity index (χ1v) is 6.44. The van der Waals surface area contributed by atoms with Crippen LogP contribution in [0, 0.1) is 16.0 Å². The minimum atomic E-state index is -0.551. The maximum Gasteiger partial charge on any atom is 0.356 e. The number of esters is 1. The molecule has 0 aliphatic heterocycles. The summed E-state index contributed by atoms with van der Waals surface area (Å²) in [5.41, 5.74) is -0.0229. The summed E-state index contributed by atoms with van der Waals surface area (Å²) >= 11 is 0. The van der Waals surface area contributed by atoms with E-state index in [1.165, 1.54) is 31.4 Å². The fraction of sp³-hybridized carbons (Fsp3) is 0.538. The van der Waals surface area contributed by atoms with Crippen molar-refractivity contribution in [3.05, 3.63) is 34.1 Å². The van der Waals surface area contributed by atoms with Gasteiger partial charge in [0, 0.05) is 6.07 Å². The van der Waals surface area contributed by atoms with Crippen molar-refractivity contribution in [2.45, 2.75) is 32.1 Å². The number of ether oxygens (including phenoxy) is 1. The summed E-state index contributed by atoms with van der Waals surface area (Å²) in [7, 11) is 0. The van der Waals surface area contributed by atoms with Crippen molar-refractivity contribution in [1.82, 2.24) is 4.98 Å². The molecule has 6 heteroatoms. The zero-order chi connectivity index (χ0) is 13.7. The quantitative estimate of drug-likeness (QED) is 0.474. The van der Waals surface area contributed by atoms with E-state index < -0.39 is 10.9 Å². The van der Waals surface area contributed by atoms with Crippen LogP contribution in [-0.2, 0) is 4.74 Å². The summed E-state index contributed by atoms with van der Waals surface area (Å²) in [6, 6.07) is 2.57. The third kappa shape index (κ3) is 3.74. The first-order chi connectivity index (χ1) is 9.16. The van der Waals surface area contributed by atoms with Crippen molar-refractivity contribution >= 4 is 11.7 Å². The van der Waals surface area contributed by atoms with Gasteiger partial charge >= 0.3 is 5.97 Å². The number of hydrogen-bond donors (Lipinski definition) is 0. The van der Waals surface area contributed by atoms with Crippen LogP contribution in [0.15, 0.2) is 18.3 Å². The topological polar surface area (TPSA) is 82.3 Å². The minimum absolute atomic E-state index is 0.112. The highest BCUT2D eigenvalue weighted by molar-refractivity contribution is 5.87. The van der Waals surface area contributed by atoms with Gasteiger partial charge in [-0.15, -0.1) is 0 Å². The summed E-state index contributed by atoms with van der Waals surface area (Å²) in [6.07, 6.45) is 6.91.